The number of imide groups is 4. The second-order valence-electron chi connectivity index (χ2n) is 11.0. The molecule has 10 nitrogen and oxygen atoms in total. The number of amides is 6. The van der Waals surface area contributed by atoms with E-state index in [9.17, 15) is 29.1 Å². The molecule has 212 valence electrons. The van der Waals surface area contributed by atoms with Gasteiger partial charge in [0, 0.05) is 10.4 Å². The van der Waals surface area contributed by atoms with E-state index in [0.29, 0.717) is 30.7 Å². The van der Waals surface area contributed by atoms with Gasteiger partial charge in [0.2, 0.25) is 23.6 Å². The van der Waals surface area contributed by atoms with Crippen molar-refractivity contribution < 1.29 is 33.8 Å². The smallest absolute Gasteiger partial charge is 0.328 e. The zero-order valence-corrected chi connectivity index (χ0v) is 25.1. The number of fused-ring (bicyclic) bond motifs is 4. The standard InChI is InChI=1S/C29H25Br2N3O7/c1-29-17(25(37)33(27(29)39)12-6-4-3-5-7-12)10-15-13(8-9-14-19(15)26(38)34(24(14)36)28(32)40)20(29)16-11-18(41-2)23(35)22(31)21(16)30/h3-8,11,14-15,17,19-20,35H,9-10H2,1-2H3,(H2,32,40)/t14-,15+,17-,19-,20+,29+/m0/s1. The summed E-state index contributed by atoms with van der Waals surface area (Å²) in [6, 6.07) is 9.13. The number of hydrogen-bond acceptors (Lipinski definition) is 7. The summed E-state index contributed by atoms with van der Waals surface area (Å²) in [6.45, 7) is 1.76. The summed E-state index contributed by atoms with van der Waals surface area (Å²) in [6.07, 6.45) is 2.16. The lowest BCUT2D eigenvalue weighted by atomic mass is 9.51. The summed E-state index contributed by atoms with van der Waals surface area (Å²) in [5, 5.41) is 10.7. The molecule has 0 radical (unpaired) electrons. The number of rotatable bonds is 3. The minimum Gasteiger partial charge on any atom is -0.503 e. The Balaban J connectivity index is 1.59. The summed E-state index contributed by atoms with van der Waals surface area (Å²) in [4.78, 5) is 68.9. The lowest BCUT2D eigenvalue weighted by Gasteiger charge is -2.49. The fourth-order valence-corrected chi connectivity index (χ4v) is 8.33. The first kappa shape index (κ1) is 27.6. The number of ether oxygens (including phenoxy) is 1. The van der Waals surface area contributed by atoms with Gasteiger partial charge in [0.15, 0.2) is 11.5 Å². The van der Waals surface area contributed by atoms with Crippen LogP contribution in [0.3, 0.4) is 0 Å². The van der Waals surface area contributed by atoms with Crippen LogP contribution in [0.15, 0.2) is 57.0 Å². The van der Waals surface area contributed by atoms with Gasteiger partial charge >= 0.3 is 6.03 Å². The Kier molecular flexibility index (Phi) is 6.42. The molecule has 6 amide bonds. The molecule has 2 aromatic carbocycles. The van der Waals surface area contributed by atoms with E-state index in [1.807, 2.05) is 6.08 Å². The van der Waals surface area contributed by atoms with E-state index in [0.717, 1.165) is 0 Å². The van der Waals surface area contributed by atoms with Gasteiger partial charge in [-0.05, 0) is 81.3 Å². The van der Waals surface area contributed by atoms with Gasteiger partial charge < -0.3 is 15.6 Å². The van der Waals surface area contributed by atoms with E-state index in [2.05, 4.69) is 31.9 Å². The number of nitrogens with zero attached hydrogens (tertiary/aromatic N) is 2. The van der Waals surface area contributed by atoms with E-state index in [1.54, 1.807) is 43.3 Å². The minimum absolute atomic E-state index is 0.132. The number of likely N-dealkylation sites (tertiary alicyclic amines) is 1. The van der Waals surface area contributed by atoms with Crippen LogP contribution in [-0.2, 0) is 19.2 Å². The SMILES string of the molecule is COc1cc([C@H]2C3=CC[C@@H]4C(=O)N(C(N)=O)C(=O)[C@@H]4[C@@H]3C[C@H]3C(=O)N(c4ccccc4)C(=O)[C@@]23C)c(Br)c(Br)c1O. The van der Waals surface area contributed by atoms with Crippen LogP contribution in [0.5, 0.6) is 11.5 Å². The van der Waals surface area contributed by atoms with Crippen molar-refractivity contribution in [2.45, 2.75) is 25.7 Å². The van der Waals surface area contributed by atoms with E-state index >= 15 is 0 Å². The van der Waals surface area contributed by atoms with Crippen molar-refractivity contribution >= 4 is 67.2 Å². The normalized spacial score (nSPS) is 30.6. The highest BCUT2D eigenvalue weighted by molar-refractivity contribution is 9.13. The maximum Gasteiger partial charge on any atom is 0.328 e. The summed E-state index contributed by atoms with van der Waals surface area (Å²) < 4.78 is 6.18. The molecule has 2 aliphatic carbocycles. The maximum absolute atomic E-state index is 14.4. The number of allylic oxidation sites excluding steroid dienone is 2. The molecule has 2 heterocycles. The number of anilines is 1. The van der Waals surface area contributed by atoms with Gasteiger partial charge in [-0.2, -0.15) is 4.90 Å². The number of primary amides is 1. The predicted molar refractivity (Wildman–Crippen MR) is 153 cm³/mol. The molecule has 2 aliphatic heterocycles. The van der Waals surface area contributed by atoms with Crippen molar-refractivity contribution in [1.82, 2.24) is 4.90 Å². The van der Waals surface area contributed by atoms with Crippen LogP contribution in [0, 0.1) is 29.1 Å². The second-order valence-corrected chi connectivity index (χ2v) is 12.6. The number of halogens is 2. The number of phenolic OH excluding ortho intramolecular Hbond substituents is 1. The second kappa shape index (κ2) is 9.52. The summed E-state index contributed by atoms with van der Waals surface area (Å²) in [5.74, 6) is -6.05. The van der Waals surface area contributed by atoms with E-state index < -0.39 is 64.7 Å². The van der Waals surface area contributed by atoms with Crippen molar-refractivity contribution in [1.29, 1.82) is 0 Å². The molecule has 2 aromatic rings. The Morgan fingerprint density at radius 1 is 1.05 bits per heavy atom. The molecule has 6 rings (SSSR count). The van der Waals surface area contributed by atoms with Crippen LogP contribution in [0.25, 0.3) is 0 Å². The van der Waals surface area contributed by atoms with Crippen LogP contribution >= 0.6 is 31.9 Å². The highest BCUT2D eigenvalue weighted by Gasteiger charge is 2.68. The largest absolute Gasteiger partial charge is 0.503 e. The summed E-state index contributed by atoms with van der Waals surface area (Å²) in [7, 11) is 1.40. The van der Waals surface area contributed by atoms with Crippen LogP contribution in [-0.4, -0.2) is 46.8 Å². The Hall–Kier alpha value is -3.51. The lowest BCUT2D eigenvalue weighted by Crippen LogP contribution is -2.49. The average molecular weight is 687 g/mol. The van der Waals surface area contributed by atoms with Crippen molar-refractivity contribution in [3.63, 3.8) is 0 Å². The molecular formula is C29H25Br2N3O7. The fourth-order valence-electron chi connectivity index (χ4n) is 7.38. The Bertz CT molecular complexity index is 1590. The number of urea groups is 1. The average Bonchev–Trinajstić information content (AvgIpc) is 3.32. The molecule has 3 N–H and O–H groups in total. The van der Waals surface area contributed by atoms with E-state index in [4.69, 9.17) is 10.5 Å². The first-order valence-electron chi connectivity index (χ1n) is 13.0. The van der Waals surface area contributed by atoms with Gasteiger partial charge in [0.1, 0.15) is 0 Å². The number of aromatic hydroxyl groups is 1. The molecule has 41 heavy (non-hydrogen) atoms. The number of benzene rings is 2. The number of phenols is 1. The van der Waals surface area contributed by atoms with E-state index in [1.165, 1.54) is 12.0 Å². The van der Waals surface area contributed by atoms with E-state index in [-0.39, 0.29) is 24.3 Å². The molecule has 0 spiro atoms. The highest BCUT2D eigenvalue weighted by atomic mass is 79.9. The number of para-hydroxylation sites is 1. The molecule has 2 saturated heterocycles. The van der Waals surface area contributed by atoms with Gasteiger partial charge in [-0.3, -0.25) is 19.2 Å². The zero-order valence-electron chi connectivity index (χ0n) is 22.0. The van der Waals surface area contributed by atoms with Gasteiger partial charge in [-0.25, -0.2) is 9.69 Å². The molecule has 0 bridgehead atoms. The van der Waals surface area contributed by atoms with Crippen LogP contribution in [0.2, 0.25) is 0 Å². The molecular weight excluding hydrogens is 662 g/mol. The Morgan fingerprint density at radius 2 is 1.73 bits per heavy atom. The number of carbonyl (C=O) groups excluding carboxylic acids is 5. The highest BCUT2D eigenvalue weighted by Crippen LogP contribution is 2.65. The number of carbonyl (C=O) groups is 5. The minimum atomic E-state index is -1.29. The monoisotopic (exact) mass is 685 g/mol. The molecule has 6 atom stereocenters. The fraction of sp³-hybridized carbons (Fsp3) is 0.345. The molecule has 4 aliphatic rings. The van der Waals surface area contributed by atoms with Gasteiger partial charge in [0.25, 0.3) is 0 Å². The maximum atomic E-state index is 14.4. The van der Waals surface area contributed by atoms with Crippen LogP contribution in [0.1, 0.15) is 31.2 Å². The van der Waals surface area contributed by atoms with Crippen LogP contribution in [0.4, 0.5) is 10.5 Å². The summed E-state index contributed by atoms with van der Waals surface area (Å²) >= 11 is 6.99. The predicted octanol–water partition coefficient (Wildman–Crippen LogP) is 4.24. The first-order valence-corrected chi connectivity index (χ1v) is 14.6. The lowest BCUT2D eigenvalue weighted by molar-refractivity contribution is -0.136. The summed E-state index contributed by atoms with van der Waals surface area (Å²) in [5.41, 5.74) is 5.83. The van der Waals surface area contributed by atoms with Crippen molar-refractivity contribution in [2.75, 3.05) is 12.0 Å². The number of hydrogen-bond donors (Lipinski definition) is 2. The quantitative estimate of drug-likeness (QED) is 0.363. The third-order valence-corrected chi connectivity index (χ3v) is 11.4. The van der Waals surface area contributed by atoms with Crippen molar-refractivity contribution in [2.24, 2.45) is 34.8 Å². The molecule has 12 heteroatoms. The molecule has 0 unspecified atom stereocenters. The van der Waals surface area contributed by atoms with Gasteiger partial charge in [0.05, 0.1) is 40.4 Å². The molecule has 0 aromatic heterocycles. The Morgan fingerprint density at radius 3 is 2.37 bits per heavy atom. The topological polar surface area (TPSA) is 147 Å². The zero-order chi connectivity index (χ0) is 29.5. The van der Waals surface area contributed by atoms with Crippen molar-refractivity contribution in [3.8, 4) is 11.5 Å². The Labute approximate surface area is 251 Å². The number of nitrogens with two attached hydrogens (primary N) is 1. The number of methoxy groups -OCH3 is 1. The third-order valence-electron chi connectivity index (χ3n) is 9.21. The molecule has 1 saturated carbocycles. The van der Waals surface area contributed by atoms with Gasteiger partial charge in [-0.15, -0.1) is 0 Å². The van der Waals surface area contributed by atoms with Crippen LogP contribution < -0.4 is 15.4 Å². The molecule has 3 fully saturated rings. The van der Waals surface area contributed by atoms with Crippen molar-refractivity contribution in [3.05, 3.63) is 62.6 Å². The van der Waals surface area contributed by atoms with Gasteiger partial charge in [-0.1, -0.05) is 29.8 Å². The first-order chi connectivity index (χ1) is 19.4. The third kappa shape index (κ3) is 3.62.